The molecule has 0 aliphatic carbocycles. The molecule has 1 atom stereocenters. The first kappa shape index (κ1) is 21.5. The maximum absolute atomic E-state index is 12.6. The molecule has 1 N–H and O–H groups in total. The molecule has 1 unspecified atom stereocenters. The molecule has 4 rings (SSSR count). The molecule has 9 heteroatoms. The van der Waals surface area contributed by atoms with Crippen LogP contribution in [0.3, 0.4) is 0 Å². The highest BCUT2D eigenvalue weighted by Crippen LogP contribution is 2.23. The molecule has 0 aliphatic heterocycles. The first-order valence-electron chi connectivity index (χ1n) is 9.88. The molecule has 32 heavy (non-hydrogen) atoms. The van der Waals surface area contributed by atoms with Gasteiger partial charge in [0.1, 0.15) is 0 Å². The maximum Gasteiger partial charge on any atom is 0.378 e. The van der Waals surface area contributed by atoms with Crippen molar-refractivity contribution in [3.8, 4) is 0 Å². The second kappa shape index (κ2) is 9.15. The summed E-state index contributed by atoms with van der Waals surface area (Å²) in [5, 5.41) is 7.62. The van der Waals surface area contributed by atoms with Crippen LogP contribution in [0.2, 0.25) is 5.02 Å². The fourth-order valence-corrected chi connectivity index (χ4v) is 3.44. The zero-order chi connectivity index (χ0) is 22.7. The SMILES string of the molecule is Cc1cc(C)n2nc(C(=O)OCC(=O)NC(c3ccccc3)c3ccc(Cl)cc3)nc2n1. The van der Waals surface area contributed by atoms with E-state index < -0.39 is 24.5 Å². The topological polar surface area (TPSA) is 98.5 Å². The Bertz CT molecular complexity index is 1270. The first-order valence-corrected chi connectivity index (χ1v) is 10.3. The van der Waals surface area contributed by atoms with E-state index in [0.29, 0.717) is 10.8 Å². The molecule has 0 saturated carbocycles. The summed E-state index contributed by atoms with van der Waals surface area (Å²) in [5.41, 5.74) is 3.27. The van der Waals surface area contributed by atoms with Crippen LogP contribution in [0.25, 0.3) is 5.78 Å². The molecule has 2 aromatic heterocycles. The molecule has 1 amide bonds. The molecule has 2 heterocycles. The van der Waals surface area contributed by atoms with Gasteiger partial charge < -0.3 is 10.1 Å². The number of benzene rings is 2. The summed E-state index contributed by atoms with van der Waals surface area (Å²) >= 11 is 6.00. The molecule has 0 fully saturated rings. The van der Waals surface area contributed by atoms with Gasteiger partial charge in [-0.3, -0.25) is 4.79 Å². The van der Waals surface area contributed by atoms with E-state index in [9.17, 15) is 9.59 Å². The lowest BCUT2D eigenvalue weighted by molar-refractivity contribution is -0.124. The normalized spacial score (nSPS) is 11.8. The summed E-state index contributed by atoms with van der Waals surface area (Å²) in [4.78, 5) is 33.3. The van der Waals surface area contributed by atoms with E-state index in [0.717, 1.165) is 22.5 Å². The third kappa shape index (κ3) is 4.76. The van der Waals surface area contributed by atoms with Crippen LogP contribution in [0.1, 0.15) is 39.2 Å². The van der Waals surface area contributed by atoms with Crippen molar-refractivity contribution >= 4 is 29.3 Å². The number of aromatic nitrogens is 4. The molecule has 2 aromatic carbocycles. The van der Waals surface area contributed by atoms with E-state index in [2.05, 4.69) is 20.4 Å². The van der Waals surface area contributed by atoms with Gasteiger partial charge in [-0.05, 0) is 43.2 Å². The van der Waals surface area contributed by atoms with Crippen molar-refractivity contribution in [2.45, 2.75) is 19.9 Å². The van der Waals surface area contributed by atoms with Crippen LogP contribution in [0.5, 0.6) is 0 Å². The van der Waals surface area contributed by atoms with Gasteiger partial charge in [0.15, 0.2) is 6.61 Å². The minimum Gasteiger partial charge on any atom is -0.450 e. The van der Waals surface area contributed by atoms with E-state index in [1.807, 2.05) is 62.4 Å². The van der Waals surface area contributed by atoms with Gasteiger partial charge in [0.2, 0.25) is 0 Å². The number of carbonyl (C=O) groups excluding carboxylic acids is 2. The first-order chi connectivity index (χ1) is 15.4. The Morgan fingerprint density at radius 3 is 2.44 bits per heavy atom. The second-order valence-electron chi connectivity index (χ2n) is 7.23. The molecule has 0 spiro atoms. The van der Waals surface area contributed by atoms with E-state index in [4.69, 9.17) is 16.3 Å². The van der Waals surface area contributed by atoms with Crippen molar-refractivity contribution in [2.75, 3.05) is 6.61 Å². The van der Waals surface area contributed by atoms with Gasteiger partial charge in [-0.2, -0.15) is 4.98 Å². The van der Waals surface area contributed by atoms with Crippen molar-refractivity contribution in [1.29, 1.82) is 0 Å². The van der Waals surface area contributed by atoms with Gasteiger partial charge in [-0.25, -0.2) is 14.3 Å². The molecular weight excluding hydrogens is 430 g/mol. The zero-order valence-electron chi connectivity index (χ0n) is 17.4. The summed E-state index contributed by atoms with van der Waals surface area (Å²) in [6.07, 6.45) is 0. The molecule has 162 valence electrons. The minimum atomic E-state index is -0.801. The van der Waals surface area contributed by atoms with Crippen LogP contribution in [0.15, 0.2) is 60.7 Å². The van der Waals surface area contributed by atoms with E-state index >= 15 is 0 Å². The Kier molecular flexibility index (Phi) is 6.13. The fourth-order valence-electron chi connectivity index (χ4n) is 3.31. The highest BCUT2D eigenvalue weighted by molar-refractivity contribution is 6.30. The number of rotatable bonds is 6. The van der Waals surface area contributed by atoms with Gasteiger partial charge in [0, 0.05) is 16.4 Å². The summed E-state index contributed by atoms with van der Waals surface area (Å²) in [5.74, 6) is -1.12. The van der Waals surface area contributed by atoms with Crippen molar-refractivity contribution in [3.63, 3.8) is 0 Å². The lowest BCUT2D eigenvalue weighted by Crippen LogP contribution is -2.33. The number of hydrogen-bond donors (Lipinski definition) is 1. The van der Waals surface area contributed by atoms with Crippen molar-refractivity contribution in [2.24, 2.45) is 0 Å². The smallest absolute Gasteiger partial charge is 0.378 e. The number of aryl methyl sites for hydroxylation is 2. The fraction of sp³-hybridized carbons (Fsp3) is 0.174. The highest BCUT2D eigenvalue weighted by atomic mass is 35.5. The van der Waals surface area contributed by atoms with E-state index in [1.165, 1.54) is 4.52 Å². The Balaban J connectivity index is 1.46. The number of carbonyl (C=O) groups is 2. The third-order valence-electron chi connectivity index (χ3n) is 4.78. The zero-order valence-corrected chi connectivity index (χ0v) is 18.2. The van der Waals surface area contributed by atoms with Gasteiger partial charge in [0.05, 0.1) is 6.04 Å². The average molecular weight is 450 g/mol. The van der Waals surface area contributed by atoms with Crippen LogP contribution in [-0.4, -0.2) is 38.1 Å². The largest absolute Gasteiger partial charge is 0.450 e. The summed E-state index contributed by atoms with van der Waals surface area (Å²) in [6, 6.07) is 18.1. The average Bonchev–Trinajstić information content (AvgIpc) is 3.22. The summed E-state index contributed by atoms with van der Waals surface area (Å²) in [6.45, 7) is 3.18. The molecule has 4 aromatic rings. The standard InChI is InChI=1S/C23H20ClN5O3/c1-14-12-15(2)29-23(25-14)27-21(28-29)22(31)32-13-19(30)26-20(16-6-4-3-5-7-16)17-8-10-18(24)11-9-17/h3-12,20H,13H2,1-2H3,(H,26,30). The summed E-state index contributed by atoms with van der Waals surface area (Å²) < 4.78 is 6.60. The van der Waals surface area contributed by atoms with Crippen molar-refractivity contribution in [1.82, 2.24) is 24.9 Å². The number of ether oxygens (including phenoxy) is 1. The Labute approximate surface area is 189 Å². The van der Waals surface area contributed by atoms with Crippen LogP contribution in [0, 0.1) is 13.8 Å². The molecule has 0 aliphatic rings. The molecule has 8 nitrogen and oxygen atoms in total. The van der Waals surface area contributed by atoms with Gasteiger partial charge in [0.25, 0.3) is 17.5 Å². The summed E-state index contributed by atoms with van der Waals surface area (Å²) in [7, 11) is 0. The van der Waals surface area contributed by atoms with Crippen LogP contribution in [0.4, 0.5) is 0 Å². The van der Waals surface area contributed by atoms with E-state index in [-0.39, 0.29) is 5.82 Å². The molecule has 0 radical (unpaired) electrons. The molecular formula is C23H20ClN5O3. The van der Waals surface area contributed by atoms with Crippen LogP contribution >= 0.6 is 11.6 Å². The Morgan fingerprint density at radius 2 is 1.72 bits per heavy atom. The third-order valence-corrected chi connectivity index (χ3v) is 5.03. The number of nitrogens with one attached hydrogen (secondary N) is 1. The van der Waals surface area contributed by atoms with Gasteiger partial charge >= 0.3 is 5.97 Å². The lowest BCUT2D eigenvalue weighted by Gasteiger charge is -2.20. The highest BCUT2D eigenvalue weighted by Gasteiger charge is 2.20. The van der Waals surface area contributed by atoms with Gasteiger partial charge in [-0.1, -0.05) is 54.1 Å². The number of esters is 1. The van der Waals surface area contributed by atoms with Gasteiger partial charge in [-0.15, -0.1) is 5.10 Å². The second-order valence-corrected chi connectivity index (χ2v) is 7.66. The van der Waals surface area contributed by atoms with Crippen LogP contribution < -0.4 is 5.32 Å². The van der Waals surface area contributed by atoms with E-state index in [1.54, 1.807) is 12.1 Å². The maximum atomic E-state index is 12.6. The number of hydrogen-bond acceptors (Lipinski definition) is 6. The minimum absolute atomic E-state index is 0.156. The number of halogens is 1. The Morgan fingerprint density at radius 1 is 1.03 bits per heavy atom. The number of fused-ring (bicyclic) bond motifs is 1. The number of amides is 1. The monoisotopic (exact) mass is 449 g/mol. The predicted octanol–water partition coefficient (Wildman–Crippen LogP) is 3.46. The molecule has 0 bridgehead atoms. The van der Waals surface area contributed by atoms with Crippen LogP contribution in [-0.2, 0) is 9.53 Å². The predicted molar refractivity (Wildman–Crippen MR) is 118 cm³/mol. The quantitative estimate of drug-likeness (QED) is 0.453. The number of nitrogens with zero attached hydrogens (tertiary/aromatic N) is 4. The lowest BCUT2D eigenvalue weighted by atomic mass is 9.99. The van der Waals surface area contributed by atoms with Crippen molar-refractivity contribution in [3.05, 3.63) is 94.0 Å². The van der Waals surface area contributed by atoms with Crippen molar-refractivity contribution < 1.29 is 14.3 Å². The Hall–Kier alpha value is -3.78. The molecule has 0 saturated heterocycles.